The van der Waals surface area contributed by atoms with Crippen LogP contribution in [0.4, 0.5) is 24.5 Å². The van der Waals surface area contributed by atoms with E-state index in [1.54, 1.807) is 12.1 Å². The van der Waals surface area contributed by atoms with Gasteiger partial charge >= 0.3 is 6.18 Å². The highest BCUT2D eigenvalue weighted by atomic mass is 32.2. The van der Waals surface area contributed by atoms with E-state index in [2.05, 4.69) is 5.32 Å². The van der Waals surface area contributed by atoms with Gasteiger partial charge in [-0.05, 0) is 35.9 Å². The second-order valence-electron chi connectivity index (χ2n) is 6.57. The molecule has 148 valence electrons. The van der Waals surface area contributed by atoms with Crippen LogP contribution in [0.3, 0.4) is 0 Å². The van der Waals surface area contributed by atoms with Gasteiger partial charge in [-0.1, -0.05) is 54.2 Å². The lowest BCUT2D eigenvalue weighted by atomic mass is 10.1. The van der Waals surface area contributed by atoms with Crippen LogP contribution in [-0.4, -0.2) is 12.5 Å². The summed E-state index contributed by atoms with van der Waals surface area (Å²) in [7, 11) is 0. The Labute approximate surface area is 170 Å². The van der Waals surface area contributed by atoms with Crippen molar-refractivity contribution >= 4 is 29.0 Å². The molecule has 0 fully saturated rings. The molecule has 29 heavy (non-hydrogen) atoms. The van der Waals surface area contributed by atoms with Crippen LogP contribution in [0.1, 0.15) is 11.1 Å². The lowest BCUT2D eigenvalue weighted by Gasteiger charge is -2.31. The summed E-state index contributed by atoms with van der Waals surface area (Å²) in [4.78, 5) is 15.9. The number of rotatable bonds is 4. The van der Waals surface area contributed by atoms with Crippen LogP contribution in [0.5, 0.6) is 0 Å². The maximum Gasteiger partial charge on any atom is 0.416 e. The minimum absolute atomic E-state index is 0.00355. The first kappa shape index (κ1) is 19.5. The average molecular weight is 414 g/mol. The number of nitrogens with one attached hydrogen (secondary N) is 1. The molecule has 0 radical (unpaired) electrons. The van der Waals surface area contributed by atoms with Gasteiger partial charge in [0.05, 0.1) is 23.5 Å². The minimum Gasteiger partial charge on any atom is -0.304 e. The van der Waals surface area contributed by atoms with Crippen LogP contribution in [-0.2, 0) is 17.5 Å². The number of hydrogen-bond acceptors (Lipinski definition) is 3. The number of para-hydroxylation sites is 1. The normalized spacial score (nSPS) is 13.0. The predicted molar refractivity (Wildman–Crippen MR) is 107 cm³/mol. The third-order valence-electron chi connectivity index (χ3n) is 4.55. The van der Waals surface area contributed by atoms with Gasteiger partial charge in [-0.2, -0.15) is 13.2 Å². The van der Waals surface area contributed by atoms with E-state index in [1.807, 2.05) is 42.5 Å². The number of carbonyl (C=O) groups excluding carboxylic acids is 1. The van der Waals surface area contributed by atoms with Gasteiger partial charge in [0.25, 0.3) is 0 Å². The van der Waals surface area contributed by atoms with Crippen LogP contribution in [0.15, 0.2) is 82.6 Å². The number of amides is 1. The number of anilines is 2. The third-order valence-corrected chi connectivity index (χ3v) is 5.68. The van der Waals surface area contributed by atoms with Gasteiger partial charge in [0, 0.05) is 16.3 Å². The third kappa shape index (κ3) is 4.16. The van der Waals surface area contributed by atoms with Crippen molar-refractivity contribution in [3.63, 3.8) is 0 Å². The van der Waals surface area contributed by atoms with Crippen molar-refractivity contribution in [1.82, 2.24) is 5.32 Å². The van der Waals surface area contributed by atoms with Gasteiger partial charge in [-0.15, -0.1) is 0 Å². The standard InChI is InChI=1S/C22H17F3N2OS/c23-22(24,25)16-10-11-20-18(12-16)27(17-8-4-5-9-19(17)29-20)21(28)14-26-13-15-6-2-1-3-7-15/h1-12,26H,13-14H2. The number of halogens is 3. The van der Waals surface area contributed by atoms with Crippen LogP contribution >= 0.6 is 11.8 Å². The van der Waals surface area contributed by atoms with Gasteiger partial charge in [-0.25, -0.2) is 0 Å². The topological polar surface area (TPSA) is 32.3 Å². The first-order chi connectivity index (χ1) is 13.9. The molecule has 0 aromatic heterocycles. The SMILES string of the molecule is O=C(CNCc1ccccc1)N1c2ccccc2Sc2ccc(C(F)(F)F)cc21. The van der Waals surface area contributed by atoms with Crippen LogP contribution < -0.4 is 10.2 Å². The smallest absolute Gasteiger partial charge is 0.304 e. The molecule has 0 bridgehead atoms. The van der Waals surface area contributed by atoms with Crippen LogP contribution in [0.25, 0.3) is 0 Å². The molecular weight excluding hydrogens is 397 g/mol. The second kappa shape index (κ2) is 7.93. The van der Waals surface area contributed by atoms with Crippen molar-refractivity contribution < 1.29 is 18.0 Å². The Bertz CT molecular complexity index is 1040. The molecule has 1 aliphatic rings. The monoisotopic (exact) mass is 414 g/mol. The predicted octanol–water partition coefficient (Wildman–Crippen LogP) is 5.62. The van der Waals surface area contributed by atoms with Crippen LogP contribution in [0, 0.1) is 0 Å². The number of carbonyl (C=O) groups is 1. The maximum absolute atomic E-state index is 13.2. The molecule has 0 spiro atoms. The van der Waals surface area contributed by atoms with Gasteiger partial charge < -0.3 is 5.32 Å². The summed E-state index contributed by atoms with van der Waals surface area (Å²) in [5, 5.41) is 3.08. The maximum atomic E-state index is 13.2. The molecule has 3 aromatic rings. The van der Waals surface area contributed by atoms with Crippen molar-refractivity contribution in [3.8, 4) is 0 Å². The fourth-order valence-electron chi connectivity index (χ4n) is 3.19. The van der Waals surface area contributed by atoms with E-state index in [0.717, 1.165) is 22.6 Å². The summed E-state index contributed by atoms with van der Waals surface area (Å²) in [5.74, 6) is -0.311. The Morgan fingerprint density at radius 2 is 1.59 bits per heavy atom. The Hall–Kier alpha value is -2.77. The molecule has 3 nitrogen and oxygen atoms in total. The van der Waals surface area contributed by atoms with Gasteiger partial charge in [0.2, 0.25) is 5.91 Å². The summed E-state index contributed by atoms with van der Waals surface area (Å²) in [6.45, 7) is 0.496. The molecule has 0 atom stereocenters. The fourth-order valence-corrected chi connectivity index (χ4v) is 4.23. The first-order valence-electron chi connectivity index (χ1n) is 8.99. The van der Waals surface area contributed by atoms with Crippen LogP contribution in [0.2, 0.25) is 0 Å². The molecular formula is C22H17F3N2OS. The van der Waals surface area contributed by atoms with E-state index in [-0.39, 0.29) is 18.1 Å². The summed E-state index contributed by atoms with van der Waals surface area (Å²) in [5.41, 5.74) is 1.10. The fraction of sp³-hybridized carbons (Fsp3) is 0.136. The van der Waals surface area contributed by atoms with Gasteiger partial charge in [-0.3, -0.25) is 9.69 Å². The Kier molecular flexibility index (Phi) is 5.34. The molecule has 0 unspecified atom stereocenters. The average Bonchev–Trinajstić information content (AvgIpc) is 2.71. The number of fused-ring (bicyclic) bond motifs is 2. The highest BCUT2D eigenvalue weighted by Gasteiger charge is 2.34. The molecule has 0 saturated heterocycles. The lowest BCUT2D eigenvalue weighted by molar-refractivity contribution is -0.137. The first-order valence-corrected chi connectivity index (χ1v) is 9.81. The number of benzene rings is 3. The zero-order valence-electron chi connectivity index (χ0n) is 15.2. The number of alkyl halides is 3. The second-order valence-corrected chi connectivity index (χ2v) is 7.65. The molecule has 4 rings (SSSR count). The van der Waals surface area contributed by atoms with E-state index in [9.17, 15) is 18.0 Å². The van der Waals surface area contributed by atoms with Gasteiger partial charge in [0.15, 0.2) is 0 Å². The highest BCUT2D eigenvalue weighted by Crippen LogP contribution is 2.49. The van der Waals surface area contributed by atoms with Crippen molar-refractivity contribution in [3.05, 3.63) is 83.9 Å². The van der Waals surface area contributed by atoms with E-state index in [4.69, 9.17) is 0 Å². The molecule has 1 aliphatic heterocycles. The molecule has 3 aromatic carbocycles. The summed E-state index contributed by atoms with van der Waals surface area (Å²) in [6, 6.07) is 20.4. The van der Waals surface area contributed by atoms with E-state index >= 15 is 0 Å². The van der Waals surface area contributed by atoms with Crippen molar-refractivity contribution in [2.45, 2.75) is 22.5 Å². The summed E-state index contributed by atoms with van der Waals surface area (Å²) < 4.78 is 39.7. The molecule has 7 heteroatoms. The number of hydrogen-bond donors (Lipinski definition) is 1. The largest absolute Gasteiger partial charge is 0.416 e. The zero-order valence-corrected chi connectivity index (χ0v) is 16.1. The Balaban J connectivity index is 1.63. The van der Waals surface area contributed by atoms with E-state index in [1.165, 1.54) is 22.7 Å². The molecule has 1 heterocycles. The quantitative estimate of drug-likeness (QED) is 0.601. The van der Waals surface area contributed by atoms with Crippen molar-refractivity contribution in [2.24, 2.45) is 0 Å². The lowest BCUT2D eigenvalue weighted by Crippen LogP contribution is -2.36. The molecule has 1 N–H and O–H groups in total. The zero-order chi connectivity index (χ0) is 20.4. The molecule has 0 saturated carbocycles. The van der Waals surface area contributed by atoms with E-state index in [0.29, 0.717) is 17.1 Å². The van der Waals surface area contributed by atoms with E-state index < -0.39 is 11.7 Å². The van der Waals surface area contributed by atoms with Crippen molar-refractivity contribution in [2.75, 3.05) is 11.4 Å². The van der Waals surface area contributed by atoms with Gasteiger partial charge in [0.1, 0.15) is 0 Å². The Morgan fingerprint density at radius 1 is 0.897 bits per heavy atom. The molecule has 1 amide bonds. The molecule has 0 aliphatic carbocycles. The highest BCUT2D eigenvalue weighted by molar-refractivity contribution is 7.99. The Morgan fingerprint density at radius 3 is 2.34 bits per heavy atom. The number of nitrogens with zero attached hydrogens (tertiary/aromatic N) is 1. The van der Waals surface area contributed by atoms with Crippen molar-refractivity contribution in [1.29, 1.82) is 0 Å². The summed E-state index contributed by atoms with van der Waals surface area (Å²) >= 11 is 1.36. The summed E-state index contributed by atoms with van der Waals surface area (Å²) in [6.07, 6.45) is -4.48. The minimum atomic E-state index is -4.48.